The number of hydrogen-bond acceptors (Lipinski definition) is 4. The number of carbonyl (C=O) groups is 1. The molecule has 4 rings (SSSR count). The normalized spacial score (nSPS) is 18.4. The zero-order valence-corrected chi connectivity index (χ0v) is 15.8. The molecule has 0 radical (unpaired) electrons. The van der Waals surface area contributed by atoms with Gasteiger partial charge in [-0.25, -0.2) is 0 Å². The average molecular weight is 380 g/mol. The Labute approximate surface area is 164 Å². The molecule has 1 saturated heterocycles. The van der Waals surface area contributed by atoms with Gasteiger partial charge in [-0.05, 0) is 11.1 Å². The first-order valence-electron chi connectivity index (χ1n) is 9.26. The van der Waals surface area contributed by atoms with Gasteiger partial charge in [-0.1, -0.05) is 72.3 Å². The third-order valence-corrected chi connectivity index (χ3v) is 5.57. The van der Waals surface area contributed by atoms with Crippen LogP contribution in [0.3, 0.4) is 0 Å². The fourth-order valence-electron chi connectivity index (χ4n) is 3.81. The van der Waals surface area contributed by atoms with E-state index in [-0.39, 0.29) is 18.4 Å². The van der Waals surface area contributed by atoms with Crippen LogP contribution in [-0.2, 0) is 4.79 Å². The molecule has 2 aliphatic heterocycles. The van der Waals surface area contributed by atoms with Crippen LogP contribution in [0.15, 0.2) is 76.4 Å². The fourth-order valence-corrected chi connectivity index (χ4v) is 4.04. The summed E-state index contributed by atoms with van der Waals surface area (Å²) in [4.78, 5) is 20.7. The van der Waals surface area contributed by atoms with Crippen molar-refractivity contribution in [3.8, 4) is 0 Å². The molecule has 0 amide bonds. The van der Waals surface area contributed by atoms with Gasteiger partial charge in [0.2, 0.25) is 0 Å². The predicted molar refractivity (Wildman–Crippen MR) is 109 cm³/mol. The van der Waals surface area contributed by atoms with Crippen molar-refractivity contribution in [2.24, 2.45) is 4.99 Å². The highest BCUT2D eigenvalue weighted by molar-refractivity contribution is 6.44. The number of dihydropyridines is 1. The fraction of sp³-hybridized carbons (Fsp3) is 0.273. The molecule has 0 unspecified atom stereocenters. The Morgan fingerprint density at radius 2 is 1.41 bits per heavy atom. The second kappa shape index (κ2) is 8.07. The molecular weight excluding hydrogens is 358 g/mol. The van der Waals surface area contributed by atoms with E-state index in [0.717, 1.165) is 31.9 Å². The van der Waals surface area contributed by atoms with Crippen molar-refractivity contribution < 1.29 is 4.79 Å². The van der Waals surface area contributed by atoms with Crippen molar-refractivity contribution >= 4 is 23.6 Å². The monoisotopic (exact) mass is 379 g/mol. The van der Waals surface area contributed by atoms with Gasteiger partial charge in [0.25, 0.3) is 0 Å². The summed E-state index contributed by atoms with van der Waals surface area (Å²) in [5, 5.41) is 0.320. The summed E-state index contributed by atoms with van der Waals surface area (Å²) in [7, 11) is 0. The number of nitrogens with zero attached hydrogens (tertiary/aromatic N) is 3. The summed E-state index contributed by atoms with van der Waals surface area (Å²) in [6.45, 7) is 3.59. The predicted octanol–water partition coefficient (Wildman–Crippen LogP) is 3.50. The third kappa shape index (κ3) is 3.82. The molecule has 0 aliphatic carbocycles. The summed E-state index contributed by atoms with van der Waals surface area (Å²) in [6, 6.07) is 21.5. The first-order chi connectivity index (χ1) is 13.2. The van der Waals surface area contributed by atoms with Crippen LogP contribution >= 0.6 is 11.6 Å². The van der Waals surface area contributed by atoms with Crippen LogP contribution in [-0.4, -0.2) is 54.5 Å². The van der Waals surface area contributed by atoms with E-state index in [2.05, 4.69) is 75.5 Å². The zero-order valence-electron chi connectivity index (χ0n) is 15.1. The third-order valence-electron chi connectivity index (χ3n) is 5.17. The minimum absolute atomic E-state index is 0.0944. The number of benzene rings is 2. The molecule has 0 aromatic heterocycles. The van der Waals surface area contributed by atoms with Crippen molar-refractivity contribution in [3.63, 3.8) is 0 Å². The highest BCUT2D eigenvalue weighted by atomic mass is 35.5. The van der Waals surface area contributed by atoms with Crippen LogP contribution in [0.1, 0.15) is 17.2 Å². The molecule has 2 aliphatic rings. The van der Waals surface area contributed by atoms with Gasteiger partial charge in [-0.15, -0.1) is 0 Å². The van der Waals surface area contributed by atoms with Crippen LogP contribution in [0.5, 0.6) is 0 Å². The summed E-state index contributed by atoms with van der Waals surface area (Å²) < 4.78 is 0. The van der Waals surface area contributed by atoms with Crippen molar-refractivity contribution in [2.75, 3.05) is 32.7 Å². The van der Waals surface area contributed by atoms with Gasteiger partial charge in [-0.2, -0.15) is 0 Å². The molecular formula is C22H22ClN3O. The van der Waals surface area contributed by atoms with E-state index in [1.165, 1.54) is 11.1 Å². The van der Waals surface area contributed by atoms with Gasteiger partial charge >= 0.3 is 0 Å². The van der Waals surface area contributed by atoms with E-state index in [1.807, 2.05) is 0 Å². The quantitative estimate of drug-likeness (QED) is 0.815. The molecule has 2 heterocycles. The van der Waals surface area contributed by atoms with Crippen molar-refractivity contribution in [3.05, 3.63) is 82.5 Å². The Balaban J connectivity index is 1.55. The summed E-state index contributed by atoms with van der Waals surface area (Å²) in [6.07, 6.45) is 1.74. The van der Waals surface area contributed by atoms with Crippen LogP contribution in [0.4, 0.5) is 0 Å². The molecule has 27 heavy (non-hydrogen) atoms. The minimum Gasteiger partial charge on any atom is -0.366 e. The minimum atomic E-state index is -0.0944. The number of ketones is 1. The Hall–Kier alpha value is -2.43. The maximum absolute atomic E-state index is 11.8. The molecule has 4 nitrogen and oxygen atoms in total. The Morgan fingerprint density at radius 3 is 1.96 bits per heavy atom. The van der Waals surface area contributed by atoms with E-state index in [1.54, 1.807) is 6.21 Å². The number of carbonyl (C=O) groups excluding carboxylic acids is 1. The first kappa shape index (κ1) is 18.0. The number of piperazine rings is 1. The molecule has 5 heteroatoms. The lowest BCUT2D eigenvalue weighted by molar-refractivity contribution is -0.113. The van der Waals surface area contributed by atoms with Gasteiger partial charge in [0, 0.05) is 32.4 Å². The highest BCUT2D eigenvalue weighted by Gasteiger charge is 2.29. The number of hydrogen-bond donors (Lipinski definition) is 0. The Bertz CT molecular complexity index is 816. The molecule has 0 N–H and O–H groups in total. The second-order valence-corrected chi connectivity index (χ2v) is 7.22. The van der Waals surface area contributed by atoms with E-state index in [0.29, 0.717) is 5.03 Å². The van der Waals surface area contributed by atoms with Crippen molar-refractivity contribution in [1.82, 2.24) is 9.80 Å². The molecule has 1 fully saturated rings. The van der Waals surface area contributed by atoms with Crippen LogP contribution in [0.25, 0.3) is 0 Å². The smallest absolute Gasteiger partial charge is 0.197 e. The largest absolute Gasteiger partial charge is 0.366 e. The summed E-state index contributed by atoms with van der Waals surface area (Å²) in [5.41, 5.74) is 3.36. The number of allylic oxidation sites excluding steroid dienone is 1. The van der Waals surface area contributed by atoms with E-state index >= 15 is 0 Å². The Kier molecular flexibility index (Phi) is 5.37. The summed E-state index contributed by atoms with van der Waals surface area (Å²) >= 11 is 6.24. The number of Topliss-reactive ketones (excluding diaryl/α,β-unsaturated/α-hetero) is 1. The SMILES string of the molecule is O=C1CN=CC(N2CCN(C(c3ccccc3)c3ccccc3)CC2)=C1Cl. The molecule has 0 saturated carbocycles. The highest BCUT2D eigenvalue weighted by Crippen LogP contribution is 2.30. The maximum atomic E-state index is 11.8. The molecule has 138 valence electrons. The maximum Gasteiger partial charge on any atom is 0.197 e. The lowest BCUT2D eigenvalue weighted by Gasteiger charge is -2.41. The Morgan fingerprint density at radius 1 is 0.852 bits per heavy atom. The second-order valence-electron chi connectivity index (χ2n) is 6.84. The van der Waals surface area contributed by atoms with Gasteiger partial charge in [-0.3, -0.25) is 14.7 Å². The summed E-state index contributed by atoms with van der Waals surface area (Å²) in [5.74, 6) is -0.0944. The van der Waals surface area contributed by atoms with Crippen LogP contribution in [0.2, 0.25) is 0 Å². The molecule has 2 aromatic rings. The van der Waals surface area contributed by atoms with Crippen molar-refractivity contribution in [2.45, 2.75) is 6.04 Å². The van der Waals surface area contributed by atoms with E-state index in [4.69, 9.17) is 11.6 Å². The lowest BCUT2D eigenvalue weighted by Crippen LogP contribution is -2.48. The standard InChI is InChI=1S/C22H22ClN3O/c23-21-19(15-24-16-20(21)27)25-11-13-26(14-12-25)22(17-7-3-1-4-8-17)18-9-5-2-6-10-18/h1-10,15,22H,11-14,16H2. The van der Waals surface area contributed by atoms with Crippen LogP contribution < -0.4 is 0 Å². The number of aliphatic imine (C=N–C) groups is 1. The zero-order chi connectivity index (χ0) is 18.6. The number of rotatable bonds is 4. The molecule has 0 atom stereocenters. The average Bonchev–Trinajstić information content (AvgIpc) is 2.73. The van der Waals surface area contributed by atoms with Gasteiger partial charge in [0.1, 0.15) is 11.6 Å². The van der Waals surface area contributed by atoms with Crippen molar-refractivity contribution in [1.29, 1.82) is 0 Å². The molecule has 0 bridgehead atoms. The van der Waals surface area contributed by atoms with Gasteiger partial charge in [0.15, 0.2) is 5.78 Å². The van der Waals surface area contributed by atoms with Crippen LogP contribution in [0, 0.1) is 0 Å². The first-order valence-corrected chi connectivity index (χ1v) is 9.63. The van der Waals surface area contributed by atoms with Gasteiger partial charge < -0.3 is 4.90 Å². The van der Waals surface area contributed by atoms with E-state index in [9.17, 15) is 4.79 Å². The molecule has 2 aromatic carbocycles. The lowest BCUT2D eigenvalue weighted by atomic mass is 9.96. The van der Waals surface area contributed by atoms with Gasteiger partial charge in [0.05, 0.1) is 11.7 Å². The van der Waals surface area contributed by atoms with E-state index < -0.39 is 0 Å². The number of halogens is 1. The topological polar surface area (TPSA) is 35.9 Å². The molecule has 0 spiro atoms.